The molecule has 3 rings (SSSR count). The topological polar surface area (TPSA) is 14.2 Å². The molecule has 0 radical (unpaired) electrons. The summed E-state index contributed by atoms with van der Waals surface area (Å²) in [5.74, 6) is 0.622. The number of aromatic nitrogens is 1. The van der Waals surface area contributed by atoms with Gasteiger partial charge >= 0.3 is 6.18 Å². The fraction of sp³-hybridized carbons (Fsp3) is 0.125. The van der Waals surface area contributed by atoms with Gasteiger partial charge in [-0.1, -0.05) is 23.2 Å². The number of rotatable bonds is 2. The standard InChI is InChI=1S/C16H10Cl2F3NO/c1-23-11-3-2-9-4-5-22(14(9)8-11)15-12(17)6-10(7-13(15)18)16(19,20)21/h2-8H,1H3. The van der Waals surface area contributed by atoms with Crippen molar-refractivity contribution in [3.8, 4) is 11.4 Å². The Kier molecular flexibility index (Phi) is 3.94. The van der Waals surface area contributed by atoms with E-state index >= 15 is 0 Å². The highest BCUT2D eigenvalue weighted by Crippen LogP contribution is 2.39. The summed E-state index contributed by atoms with van der Waals surface area (Å²) in [6.07, 6.45) is -2.81. The quantitative estimate of drug-likeness (QED) is 0.550. The first-order valence-corrected chi connectivity index (χ1v) is 7.28. The first-order chi connectivity index (χ1) is 10.8. The van der Waals surface area contributed by atoms with Gasteiger partial charge in [-0.3, -0.25) is 0 Å². The minimum Gasteiger partial charge on any atom is -0.497 e. The summed E-state index contributed by atoms with van der Waals surface area (Å²) in [4.78, 5) is 0. The molecule has 0 aliphatic rings. The molecule has 1 heterocycles. The molecular weight excluding hydrogens is 350 g/mol. The van der Waals surface area contributed by atoms with Crippen LogP contribution in [-0.2, 0) is 6.18 Å². The van der Waals surface area contributed by atoms with Crippen LogP contribution in [0.15, 0.2) is 42.6 Å². The normalized spacial score (nSPS) is 11.9. The molecule has 0 saturated heterocycles. The van der Waals surface area contributed by atoms with Gasteiger partial charge in [0.15, 0.2) is 0 Å². The van der Waals surface area contributed by atoms with Crippen molar-refractivity contribution in [2.75, 3.05) is 7.11 Å². The monoisotopic (exact) mass is 359 g/mol. The Labute approximate surface area is 140 Å². The Morgan fingerprint density at radius 3 is 2.22 bits per heavy atom. The van der Waals surface area contributed by atoms with Crippen molar-refractivity contribution >= 4 is 34.1 Å². The maximum atomic E-state index is 12.8. The van der Waals surface area contributed by atoms with Crippen LogP contribution < -0.4 is 4.74 Å². The minimum absolute atomic E-state index is 0.0786. The molecule has 2 aromatic carbocycles. The Morgan fingerprint density at radius 2 is 1.65 bits per heavy atom. The number of methoxy groups -OCH3 is 1. The lowest BCUT2D eigenvalue weighted by Crippen LogP contribution is -2.06. The van der Waals surface area contributed by atoms with Crippen LogP contribution in [0.5, 0.6) is 5.75 Å². The fourth-order valence-corrected chi connectivity index (χ4v) is 3.06. The lowest BCUT2D eigenvalue weighted by molar-refractivity contribution is -0.137. The van der Waals surface area contributed by atoms with Gasteiger partial charge in [-0.15, -0.1) is 0 Å². The largest absolute Gasteiger partial charge is 0.497 e. The van der Waals surface area contributed by atoms with Crippen LogP contribution in [0.3, 0.4) is 0 Å². The molecule has 23 heavy (non-hydrogen) atoms. The second-order valence-corrected chi connectivity index (χ2v) is 5.71. The molecule has 0 fully saturated rings. The summed E-state index contributed by atoms with van der Waals surface area (Å²) in [5.41, 5.74) is 0.141. The van der Waals surface area contributed by atoms with Crippen LogP contribution in [0.25, 0.3) is 16.6 Å². The number of benzene rings is 2. The van der Waals surface area contributed by atoms with E-state index in [1.165, 1.54) is 7.11 Å². The van der Waals surface area contributed by atoms with Crippen LogP contribution in [0.4, 0.5) is 13.2 Å². The van der Waals surface area contributed by atoms with E-state index in [9.17, 15) is 13.2 Å². The lowest BCUT2D eigenvalue weighted by Gasteiger charge is -2.14. The van der Waals surface area contributed by atoms with E-state index in [-0.39, 0.29) is 10.0 Å². The van der Waals surface area contributed by atoms with Gasteiger partial charge in [-0.25, -0.2) is 0 Å². The van der Waals surface area contributed by atoms with Crippen molar-refractivity contribution in [3.05, 3.63) is 58.2 Å². The SMILES string of the molecule is COc1ccc2ccn(-c3c(Cl)cc(C(F)(F)F)cc3Cl)c2c1. The van der Waals surface area contributed by atoms with Crippen LogP contribution in [0, 0.1) is 0 Å². The molecule has 0 aliphatic carbocycles. The fourth-order valence-electron chi connectivity index (χ4n) is 2.39. The number of hydrogen-bond donors (Lipinski definition) is 0. The third-order valence-corrected chi connectivity index (χ3v) is 4.06. The van der Waals surface area contributed by atoms with Crippen molar-refractivity contribution < 1.29 is 17.9 Å². The smallest absolute Gasteiger partial charge is 0.416 e. The third-order valence-electron chi connectivity index (χ3n) is 3.49. The molecule has 0 bridgehead atoms. The molecule has 3 aromatic rings. The number of hydrogen-bond acceptors (Lipinski definition) is 1. The maximum absolute atomic E-state index is 12.8. The molecule has 2 nitrogen and oxygen atoms in total. The lowest BCUT2D eigenvalue weighted by atomic mass is 10.2. The predicted molar refractivity (Wildman–Crippen MR) is 84.8 cm³/mol. The van der Waals surface area contributed by atoms with Crippen LogP contribution in [-0.4, -0.2) is 11.7 Å². The average molecular weight is 360 g/mol. The second-order valence-electron chi connectivity index (χ2n) is 4.90. The summed E-state index contributed by atoms with van der Waals surface area (Å²) in [5, 5.41) is 0.730. The summed E-state index contributed by atoms with van der Waals surface area (Å²) < 4.78 is 45.3. The molecule has 0 N–H and O–H groups in total. The van der Waals surface area contributed by atoms with Crippen molar-refractivity contribution in [2.24, 2.45) is 0 Å². The molecule has 0 spiro atoms. The molecule has 0 unspecified atom stereocenters. The maximum Gasteiger partial charge on any atom is 0.416 e. The summed E-state index contributed by atoms with van der Waals surface area (Å²) in [6, 6.07) is 8.96. The molecule has 0 aliphatic heterocycles. The Balaban J connectivity index is 2.23. The number of ether oxygens (including phenoxy) is 1. The molecule has 1 aromatic heterocycles. The van der Waals surface area contributed by atoms with E-state index in [4.69, 9.17) is 27.9 Å². The second kappa shape index (κ2) is 5.65. The summed E-state index contributed by atoms with van der Waals surface area (Å²) >= 11 is 12.1. The Hall–Kier alpha value is -1.85. The number of fused-ring (bicyclic) bond motifs is 1. The van der Waals surface area contributed by atoms with Crippen molar-refractivity contribution in [1.82, 2.24) is 4.57 Å². The van der Waals surface area contributed by atoms with Crippen LogP contribution in [0.1, 0.15) is 5.56 Å². The van der Waals surface area contributed by atoms with E-state index < -0.39 is 11.7 Å². The molecule has 0 saturated carbocycles. The molecule has 120 valence electrons. The minimum atomic E-state index is -4.51. The van der Waals surface area contributed by atoms with Gasteiger partial charge in [0.05, 0.1) is 33.9 Å². The van der Waals surface area contributed by atoms with Gasteiger partial charge in [0.1, 0.15) is 5.75 Å². The molecule has 0 atom stereocenters. The number of alkyl halides is 3. The van der Waals surface area contributed by atoms with Crippen molar-refractivity contribution in [2.45, 2.75) is 6.18 Å². The van der Waals surface area contributed by atoms with Gasteiger partial charge in [0, 0.05) is 17.6 Å². The van der Waals surface area contributed by atoms with Gasteiger partial charge in [0.2, 0.25) is 0 Å². The highest BCUT2D eigenvalue weighted by atomic mass is 35.5. The third kappa shape index (κ3) is 2.86. The van der Waals surface area contributed by atoms with Gasteiger partial charge in [-0.2, -0.15) is 13.2 Å². The van der Waals surface area contributed by atoms with E-state index in [1.54, 1.807) is 22.9 Å². The molecule has 7 heteroatoms. The van der Waals surface area contributed by atoms with E-state index in [0.717, 1.165) is 23.0 Å². The van der Waals surface area contributed by atoms with Crippen LogP contribution >= 0.6 is 23.2 Å². The van der Waals surface area contributed by atoms with E-state index in [0.29, 0.717) is 11.4 Å². The summed E-state index contributed by atoms with van der Waals surface area (Å²) in [7, 11) is 1.53. The molecule has 0 amide bonds. The Bertz CT molecular complexity index is 864. The van der Waals surface area contributed by atoms with Gasteiger partial charge in [-0.05, 0) is 30.3 Å². The predicted octanol–water partition coefficient (Wildman–Crippen LogP) is 5.96. The zero-order valence-electron chi connectivity index (χ0n) is 11.8. The first kappa shape index (κ1) is 16.0. The summed E-state index contributed by atoms with van der Waals surface area (Å²) in [6.45, 7) is 0. The first-order valence-electron chi connectivity index (χ1n) is 6.53. The number of halogens is 5. The van der Waals surface area contributed by atoms with E-state index in [1.807, 2.05) is 12.1 Å². The van der Waals surface area contributed by atoms with Gasteiger partial charge < -0.3 is 9.30 Å². The average Bonchev–Trinajstić information content (AvgIpc) is 2.88. The zero-order valence-corrected chi connectivity index (χ0v) is 13.3. The van der Waals surface area contributed by atoms with Crippen molar-refractivity contribution in [1.29, 1.82) is 0 Å². The highest BCUT2D eigenvalue weighted by Gasteiger charge is 2.32. The molecular formula is C16H10Cl2F3NO. The van der Waals surface area contributed by atoms with Gasteiger partial charge in [0.25, 0.3) is 0 Å². The highest BCUT2D eigenvalue weighted by molar-refractivity contribution is 6.38. The number of nitrogens with zero attached hydrogens (tertiary/aromatic N) is 1. The van der Waals surface area contributed by atoms with E-state index in [2.05, 4.69) is 0 Å². The van der Waals surface area contributed by atoms with Crippen molar-refractivity contribution in [3.63, 3.8) is 0 Å². The Morgan fingerprint density at radius 1 is 1.00 bits per heavy atom. The zero-order chi connectivity index (χ0) is 16.8. The van der Waals surface area contributed by atoms with Crippen LogP contribution in [0.2, 0.25) is 10.0 Å².